The molecular formula is C15H16N2O3S. The second-order valence-electron chi connectivity index (χ2n) is 4.55. The van der Waals surface area contributed by atoms with Crippen LogP contribution in [0, 0.1) is 0 Å². The first-order chi connectivity index (χ1) is 10.1. The Hall–Kier alpha value is -2.21. The van der Waals surface area contributed by atoms with Crippen LogP contribution in [0.3, 0.4) is 0 Å². The van der Waals surface area contributed by atoms with Gasteiger partial charge in [-0.15, -0.1) is 0 Å². The molecule has 2 N–H and O–H groups in total. The molecule has 0 spiro atoms. The van der Waals surface area contributed by atoms with Gasteiger partial charge in [-0.1, -0.05) is 30.3 Å². The number of aromatic hydroxyl groups is 1. The van der Waals surface area contributed by atoms with E-state index in [1.54, 1.807) is 12.3 Å². The highest BCUT2D eigenvalue weighted by atomic mass is 32.2. The van der Waals surface area contributed by atoms with Crippen LogP contribution in [0.25, 0.3) is 0 Å². The first-order valence-electron chi connectivity index (χ1n) is 6.37. The molecule has 0 bridgehead atoms. The maximum Gasteiger partial charge on any atom is 0.274 e. The molecule has 0 radical (unpaired) electrons. The fourth-order valence-electron chi connectivity index (χ4n) is 1.94. The van der Waals surface area contributed by atoms with Gasteiger partial charge in [0.25, 0.3) is 5.91 Å². The number of nitrogens with zero attached hydrogens (tertiary/aromatic N) is 1. The summed E-state index contributed by atoms with van der Waals surface area (Å²) in [5.41, 5.74) is 0.816. The standard InChI is InChI=1S/C15H16N2O3S/c1-21(20)10-12(11-6-3-2-4-7-11)17-15(19)14-13(18)8-5-9-16-14/h2-9,12,18H,10H2,1H3,(H,17,19). The van der Waals surface area contributed by atoms with Crippen LogP contribution in [0.1, 0.15) is 22.1 Å². The van der Waals surface area contributed by atoms with Crippen LogP contribution >= 0.6 is 0 Å². The zero-order chi connectivity index (χ0) is 15.2. The molecule has 1 aromatic heterocycles. The van der Waals surface area contributed by atoms with E-state index in [0.717, 1.165) is 5.56 Å². The van der Waals surface area contributed by atoms with Crippen molar-refractivity contribution in [3.63, 3.8) is 0 Å². The van der Waals surface area contributed by atoms with Crippen LogP contribution in [0.15, 0.2) is 48.7 Å². The van der Waals surface area contributed by atoms with E-state index < -0.39 is 22.7 Å². The van der Waals surface area contributed by atoms with Crippen molar-refractivity contribution in [3.8, 4) is 5.75 Å². The van der Waals surface area contributed by atoms with Gasteiger partial charge in [0.05, 0.1) is 6.04 Å². The summed E-state index contributed by atoms with van der Waals surface area (Å²) in [5, 5.41) is 12.4. The predicted octanol–water partition coefficient (Wildman–Crippen LogP) is 1.64. The van der Waals surface area contributed by atoms with Crippen LogP contribution in [-0.4, -0.2) is 32.2 Å². The fourth-order valence-corrected chi connectivity index (χ4v) is 2.68. The monoisotopic (exact) mass is 304 g/mol. The third kappa shape index (κ3) is 4.13. The molecule has 1 heterocycles. The largest absolute Gasteiger partial charge is 0.505 e. The lowest BCUT2D eigenvalue weighted by Gasteiger charge is -2.18. The van der Waals surface area contributed by atoms with Gasteiger partial charge in [-0.05, 0) is 17.7 Å². The minimum absolute atomic E-state index is 0.0414. The fraction of sp³-hybridized carbons (Fsp3) is 0.200. The van der Waals surface area contributed by atoms with Crippen molar-refractivity contribution in [2.45, 2.75) is 6.04 Å². The quantitative estimate of drug-likeness (QED) is 0.880. The summed E-state index contributed by atoms with van der Waals surface area (Å²) in [7, 11) is -1.07. The summed E-state index contributed by atoms with van der Waals surface area (Å²) in [6.45, 7) is 0. The topological polar surface area (TPSA) is 79.3 Å². The first-order valence-corrected chi connectivity index (χ1v) is 8.10. The molecule has 21 heavy (non-hydrogen) atoms. The Morgan fingerprint density at radius 2 is 2.00 bits per heavy atom. The number of aromatic nitrogens is 1. The molecule has 1 aromatic carbocycles. The van der Waals surface area contributed by atoms with Crippen LogP contribution in [0.5, 0.6) is 5.75 Å². The number of rotatable bonds is 5. The van der Waals surface area contributed by atoms with Crippen molar-refractivity contribution in [1.29, 1.82) is 0 Å². The van der Waals surface area contributed by atoms with E-state index in [-0.39, 0.29) is 11.4 Å². The van der Waals surface area contributed by atoms with E-state index in [4.69, 9.17) is 0 Å². The minimum atomic E-state index is -1.07. The molecule has 2 unspecified atom stereocenters. The van der Waals surface area contributed by atoms with Crippen LogP contribution in [-0.2, 0) is 10.8 Å². The Balaban J connectivity index is 2.21. The van der Waals surface area contributed by atoms with E-state index in [1.807, 2.05) is 30.3 Å². The summed E-state index contributed by atoms with van der Waals surface area (Å²) in [6, 6.07) is 11.8. The van der Waals surface area contributed by atoms with E-state index in [9.17, 15) is 14.1 Å². The summed E-state index contributed by atoms with van der Waals surface area (Å²) in [5.74, 6) is -0.379. The van der Waals surface area contributed by atoms with Gasteiger partial charge >= 0.3 is 0 Å². The van der Waals surface area contributed by atoms with Crippen molar-refractivity contribution in [2.75, 3.05) is 12.0 Å². The Morgan fingerprint density at radius 1 is 1.29 bits per heavy atom. The van der Waals surface area contributed by atoms with Crippen molar-refractivity contribution < 1.29 is 14.1 Å². The number of carbonyl (C=O) groups is 1. The second-order valence-corrected chi connectivity index (χ2v) is 6.03. The molecule has 2 aromatic rings. The van der Waals surface area contributed by atoms with Gasteiger partial charge in [0.2, 0.25) is 0 Å². The van der Waals surface area contributed by atoms with E-state index in [2.05, 4.69) is 10.3 Å². The predicted molar refractivity (Wildman–Crippen MR) is 81.5 cm³/mol. The number of carbonyl (C=O) groups excluding carboxylic acids is 1. The maximum absolute atomic E-state index is 12.2. The van der Waals surface area contributed by atoms with Gasteiger partial charge in [0.15, 0.2) is 5.69 Å². The summed E-state index contributed by atoms with van der Waals surface area (Å²) < 4.78 is 11.5. The summed E-state index contributed by atoms with van der Waals surface area (Å²) in [4.78, 5) is 16.1. The molecule has 0 saturated heterocycles. The van der Waals surface area contributed by atoms with Gasteiger partial charge in [-0.25, -0.2) is 4.98 Å². The van der Waals surface area contributed by atoms with Gasteiger partial charge in [0.1, 0.15) is 5.75 Å². The lowest BCUT2D eigenvalue weighted by Crippen LogP contribution is -2.32. The van der Waals surface area contributed by atoms with Crippen LogP contribution < -0.4 is 5.32 Å². The van der Waals surface area contributed by atoms with Gasteiger partial charge in [-0.3, -0.25) is 9.00 Å². The zero-order valence-corrected chi connectivity index (χ0v) is 12.3. The molecule has 6 heteroatoms. The highest BCUT2D eigenvalue weighted by Crippen LogP contribution is 2.17. The Labute approximate surface area is 125 Å². The number of hydrogen-bond acceptors (Lipinski definition) is 4. The molecule has 0 saturated carbocycles. The Kier molecular flexibility index (Phi) is 5.05. The average molecular weight is 304 g/mol. The number of nitrogens with one attached hydrogen (secondary N) is 1. The van der Waals surface area contributed by atoms with Crippen molar-refractivity contribution in [2.24, 2.45) is 0 Å². The highest BCUT2D eigenvalue weighted by molar-refractivity contribution is 7.84. The smallest absolute Gasteiger partial charge is 0.274 e. The summed E-state index contributed by atoms with van der Waals surface area (Å²) in [6.07, 6.45) is 3.02. The molecule has 1 amide bonds. The SMILES string of the molecule is CS(=O)CC(NC(=O)c1ncccc1O)c1ccccc1. The molecule has 110 valence electrons. The zero-order valence-electron chi connectivity index (χ0n) is 11.5. The molecule has 0 aliphatic carbocycles. The Bertz CT molecular complexity index is 646. The van der Waals surface area contributed by atoms with Gasteiger partial charge < -0.3 is 10.4 Å². The maximum atomic E-state index is 12.2. The number of hydrogen-bond donors (Lipinski definition) is 2. The van der Waals surface area contributed by atoms with Crippen LogP contribution in [0.4, 0.5) is 0 Å². The third-order valence-electron chi connectivity index (χ3n) is 2.91. The molecule has 0 fully saturated rings. The van der Waals surface area contributed by atoms with Crippen LogP contribution in [0.2, 0.25) is 0 Å². The lowest BCUT2D eigenvalue weighted by molar-refractivity contribution is 0.0932. The van der Waals surface area contributed by atoms with Crippen molar-refractivity contribution in [1.82, 2.24) is 10.3 Å². The number of pyridine rings is 1. The molecule has 5 nitrogen and oxygen atoms in total. The average Bonchev–Trinajstić information content (AvgIpc) is 2.47. The van der Waals surface area contributed by atoms with Crippen molar-refractivity contribution in [3.05, 3.63) is 59.9 Å². The van der Waals surface area contributed by atoms with E-state index >= 15 is 0 Å². The third-order valence-corrected chi connectivity index (χ3v) is 3.71. The van der Waals surface area contributed by atoms with Gasteiger partial charge in [0, 0.05) is 29.0 Å². The normalized spacial score (nSPS) is 13.4. The van der Waals surface area contributed by atoms with Gasteiger partial charge in [-0.2, -0.15) is 0 Å². The molecular weight excluding hydrogens is 288 g/mol. The molecule has 2 atom stereocenters. The summed E-state index contributed by atoms with van der Waals surface area (Å²) >= 11 is 0. The van der Waals surface area contributed by atoms with E-state index in [1.165, 1.54) is 12.3 Å². The molecule has 0 aliphatic rings. The Morgan fingerprint density at radius 3 is 2.62 bits per heavy atom. The van der Waals surface area contributed by atoms with Crippen molar-refractivity contribution >= 4 is 16.7 Å². The molecule has 2 rings (SSSR count). The number of amides is 1. The highest BCUT2D eigenvalue weighted by Gasteiger charge is 2.19. The second kappa shape index (κ2) is 6.99. The van der Waals surface area contributed by atoms with E-state index in [0.29, 0.717) is 5.75 Å². The minimum Gasteiger partial charge on any atom is -0.505 e. The number of benzene rings is 1. The lowest BCUT2D eigenvalue weighted by atomic mass is 10.1. The molecule has 0 aliphatic heterocycles. The first kappa shape index (κ1) is 15.2.